The molecule has 0 heterocycles. The molecule has 14 heavy (non-hydrogen) atoms. The molecule has 0 saturated heterocycles. The minimum atomic E-state index is -0.383. The van der Waals surface area contributed by atoms with Crippen molar-refractivity contribution in [2.45, 2.75) is 6.92 Å². The van der Waals surface area contributed by atoms with Crippen LogP contribution in [-0.2, 0) is 9.53 Å². The number of nitrogens with two attached hydrogens (primary N) is 1. The number of ether oxygens (including phenoxy) is 1. The predicted octanol–water partition coefficient (Wildman–Crippen LogP) is 0.0213. The minimum absolute atomic E-state index is 0.0413. The molecule has 0 atom stereocenters. The highest BCUT2D eigenvalue weighted by Gasteiger charge is 1.98. The number of nitrogens with zero attached hydrogens (tertiary/aromatic N) is 5. The van der Waals surface area contributed by atoms with E-state index in [-0.39, 0.29) is 25.1 Å². The van der Waals surface area contributed by atoms with E-state index in [0.717, 1.165) is 5.01 Å². The van der Waals surface area contributed by atoms with Crippen molar-refractivity contribution >= 4 is 11.9 Å². The Morgan fingerprint density at radius 2 is 2.36 bits per heavy atom. The fourth-order valence-electron chi connectivity index (χ4n) is 0.589. The summed E-state index contributed by atoms with van der Waals surface area (Å²) in [7, 11) is 1.49. The summed E-state index contributed by atoms with van der Waals surface area (Å²) in [6.07, 6.45) is 0. The molecule has 78 valence electrons. The van der Waals surface area contributed by atoms with E-state index in [9.17, 15) is 4.79 Å². The molecule has 0 amide bonds. The zero-order chi connectivity index (χ0) is 11.0. The summed E-state index contributed by atoms with van der Waals surface area (Å²) in [4.78, 5) is 16.7. The Labute approximate surface area is 80.9 Å². The van der Waals surface area contributed by atoms with Crippen LogP contribution in [0.2, 0.25) is 0 Å². The Kier molecular flexibility index (Phi) is 5.84. The first-order valence-corrected chi connectivity index (χ1v) is 3.79. The van der Waals surface area contributed by atoms with Gasteiger partial charge >= 0.3 is 5.97 Å². The summed E-state index contributed by atoms with van der Waals surface area (Å²) in [6.45, 7) is 1.64. The van der Waals surface area contributed by atoms with E-state index in [4.69, 9.17) is 11.4 Å². The maximum absolute atomic E-state index is 10.4. The fourth-order valence-corrected chi connectivity index (χ4v) is 0.589. The van der Waals surface area contributed by atoms with E-state index >= 15 is 0 Å². The minimum Gasteiger partial charge on any atom is -0.464 e. The summed E-state index contributed by atoms with van der Waals surface area (Å²) in [5.41, 5.74) is 8.14. The van der Waals surface area contributed by atoms with Crippen molar-refractivity contribution in [3.8, 4) is 0 Å². The van der Waals surface area contributed by atoms with Gasteiger partial charge in [0.15, 0.2) is 0 Å². The van der Waals surface area contributed by atoms with Crippen LogP contribution in [0.25, 0.3) is 10.4 Å². The van der Waals surface area contributed by atoms with Crippen LogP contribution in [-0.4, -0.2) is 37.1 Å². The number of aliphatic imine (C=N–C) groups is 1. The molecule has 8 nitrogen and oxygen atoms in total. The summed E-state index contributed by atoms with van der Waals surface area (Å²) < 4.78 is 4.61. The molecule has 0 rings (SSSR count). The van der Waals surface area contributed by atoms with Gasteiger partial charge in [-0.2, -0.15) is 0 Å². The highest BCUT2D eigenvalue weighted by Crippen LogP contribution is 1.86. The van der Waals surface area contributed by atoms with Gasteiger partial charge in [-0.25, -0.2) is 5.84 Å². The average molecular weight is 200 g/mol. The quantitative estimate of drug-likeness (QED) is 0.0795. The molecule has 0 bridgehead atoms. The Morgan fingerprint density at radius 3 is 2.79 bits per heavy atom. The number of hydrazine groups is 1. The number of guanidine groups is 1. The zero-order valence-electron chi connectivity index (χ0n) is 8.04. The van der Waals surface area contributed by atoms with Crippen LogP contribution >= 0.6 is 0 Å². The lowest BCUT2D eigenvalue weighted by Gasteiger charge is -2.09. The second-order valence-corrected chi connectivity index (χ2v) is 2.32. The van der Waals surface area contributed by atoms with Crippen LogP contribution in [0.4, 0.5) is 0 Å². The number of esters is 1. The van der Waals surface area contributed by atoms with E-state index in [0.29, 0.717) is 0 Å². The highest BCUT2D eigenvalue weighted by molar-refractivity contribution is 5.79. The van der Waals surface area contributed by atoms with Gasteiger partial charge in [0.1, 0.15) is 6.61 Å². The largest absolute Gasteiger partial charge is 0.464 e. The third kappa shape index (κ3) is 5.81. The Morgan fingerprint density at radius 1 is 1.71 bits per heavy atom. The normalized spacial score (nSPS) is 10.4. The maximum atomic E-state index is 10.4. The molecule has 0 aliphatic heterocycles. The molecule has 0 aliphatic carbocycles. The van der Waals surface area contributed by atoms with Crippen molar-refractivity contribution in [3.05, 3.63) is 10.4 Å². The lowest BCUT2D eigenvalue weighted by atomic mass is 10.7. The molecular formula is C6H12N6O2. The smallest absolute Gasteiger partial charge is 0.302 e. The lowest BCUT2D eigenvalue weighted by molar-refractivity contribution is -0.140. The van der Waals surface area contributed by atoms with Crippen LogP contribution in [0.3, 0.4) is 0 Å². The number of hydrogen-bond acceptors (Lipinski definition) is 4. The molecule has 0 radical (unpaired) electrons. The van der Waals surface area contributed by atoms with E-state index < -0.39 is 0 Å². The fraction of sp³-hybridized carbons (Fsp3) is 0.667. The van der Waals surface area contributed by atoms with E-state index in [1.165, 1.54) is 14.0 Å². The summed E-state index contributed by atoms with van der Waals surface area (Å²) in [5, 5.41) is 4.31. The summed E-state index contributed by atoms with van der Waals surface area (Å²) in [6, 6.07) is 0. The van der Waals surface area contributed by atoms with Gasteiger partial charge in [0, 0.05) is 18.9 Å². The molecule has 2 N–H and O–H groups in total. The molecule has 0 aromatic carbocycles. The molecule has 0 unspecified atom stereocenters. The number of carbonyl (C=O) groups is 1. The van der Waals surface area contributed by atoms with Crippen molar-refractivity contribution in [2.24, 2.45) is 15.9 Å². The Hall–Kier alpha value is -1.79. The Balaban J connectivity index is 4.04. The highest BCUT2D eigenvalue weighted by atomic mass is 16.5. The van der Waals surface area contributed by atoms with Gasteiger partial charge in [-0.15, -0.1) is 0 Å². The molecule has 0 aromatic rings. The molecule has 0 aliphatic rings. The Bertz CT molecular complexity index is 267. The van der Waals surface area contributed by atoms with Crippen molar-refractivity contribution in [1.29, 1.82) is 0 Å². The van der Waals surface area contributed by atoms with Crippen LogP contribution in [0.1, 0.15) is 6.92 Å². The third-order valence-electron chi connectivity index (χ3n) is 1.10. The molecular weight excluding hydrogens is 188 g/mol. The first-order chi connectivity index (χ1) is 6.57. The van der Waals surface area contributed by atoms with Gasteiger partial charge in [-0.3, -0.25) is 14.8 Å². The number of hydrogen-bond donors (Lipinski definition) is 1. The standard InChI is InChI=1S/C6H12N6O2/c1-5(13)14-4-3-9-6(10-11-7)12(2)8/h3-4,8H2,1-2H3. The average Bonchev–Trinajstić information content (AvgIpc) is 2.09. The van der Waals surface area contributed by atoms with Gasteiger partial charge in [-0.05, 0) is 10.6 Å². The van der Waals surface area contributed by atoms with Crippen molar-refractivity contribution < 1.29 is 9.53 Å². The third-order valence-corrected chi connectivity index (χ3v) is 1.10. The SMILES string of the molecule is CC(=O)OCCN=C(N=[N+]=[N-])N(C)N. The molecule has 0 spiro atoms. The van der Waals surface area contributed by atoms with Gasteiger partial charge in [0.2, 0.25) is 5.96 Å². The van der Waals surface area contributed by atoms with Crippen LogP contribution in [0.5, 0.6) is 0 Å². The molecule has 0 fully saturated rings. The second-order valence-electron chi connectivity index (χ2n) is 2.32. The van der Waals surface area contributed by atoms with E-state index in [2.05, 4.69) is 19.8 Å². The maximum Gasteiger partial charge on any atom is 0.302 e. The van der Waals surface area contributed by atoms with Gasteiger partial charge in [0.25, 0.3) is 0 Å². The van der Waals surface area contributed by atoms with Gasteiger partial charge < -0.3 is 4.74 Å². The van der Waals surface area contributed by atoms with Gasteiger partial charge in [-0.1, -0.05) is 0 Å². The summed E-state index contributed by atoms with van der Waals surface area (Å²) >= 11 is 0. The monoisotopic (exact) mass is 200 g/mol. The van der Waals surface area contributed by atoms with E-state index in [1.54, 1.807) is 0 Å². The number of azide groups is 1. The van der Waals surface area contributed by atoms with Crippen LogP contribution < -0.4 is 5.84 Å². The van der Waals surface area contributed by atoms with Crippen molar-refractivity contribution in [1.82, 2.24) is 5.01 Å². The van der Waals surface area contributed by atoms with Gasteiger partial charge in [0.05, 0.1) is 6.54 Å². The van der Waals surface area contributed by atoms with Crippen molar-refractivity contribution in [2.75, 3.05) is 20.2 Å². The molecule has 8 heteroatoms. The van der Waals surface area contributed by atoms with E-state index in [1.807, 2.05) is 0 Å². The molecule has 0 saturated carbocycles. The predicted molar refractivity (Wildman–Crippen MR) is 50.0 cm³/mol. The first-order valence-electron chi connectivity index (χ1n) is 3.79. The van der Waals surface area contributed by atoms with Crippen LogP contribution in [0.15, 0.2) is 10.1 Å². The topological polar surface area (TPSA) is 117 Å². The number of rotatable bonds is 3. The van der Waals surface area contributed by atoms with Crippen LogP contribution in [0, 0.1) is 0 Å². The zero-order valence-corrected chi connectivity index (χ0v) is 8.04. The second kappa shape index (κ2) is 6.70. The number of carbonyl (C=O) groups excluding carboxylic acids is 1. The first kappa shape index (κ1) is 12.2. The van der Waals surface area contributed by atoms with Crippen molar-refractivity contribution in [3.63, 3.8) is 0 Å². The lowest BCUT2D eigenvalue weighted by Crippen LogP contribution is -2.32. The summed E-state index contributed by atoms with van der Waals surface area (Å²) in [5.74, 6) is 4.95. The molecule has 0 aromatic heterocycles.